The van der Waals surface area contributed by atoms with Crippen LogP contribution in [0.3, 0.4) is 0 Å². The van der Waals surface area contributed by atoms with E-state index in [2.05, 4.69) is 14.9 Å². The topological polar surface area (TPSA) is 123 Å². The molecule has 0 saturated heterocycles. The molecule has 1 atom stereocenters. The van der Waals surface area contributed by atoms with Gasteiger partial charge in [-0.05, 0) is 25.1 Å². The van der Waals surface area contributed by atoms with E-state index >= 15 is 0 Å². The Morgan fingerprint density at radius 3 is 2.71 bits per heavy atom. The van der Waals surface area contributed by atoms with Gasteiger partial charge in [-0.2, -0.15) is 13.5 Å². The van der Waals surface area contributed by atoms with E-state index in [9.17, 15) is 22.0 Å². The summed E-state index contributed by atoms with van der Waals surface area (Å²) in [5.74, 6) is -1.63. The number of rotatable bonds is 7. The van der Waals surface area contributed by atoms with Gasteiger partial charge in [0.1, 0.15) is 5.75 Å². The molecule has 0 radical (unpaired) electrons. The molecule has 0 spiro atoms. The maximum atomic E-state index is 14.9. The minimum Gasteiger partial charge on any atom is -0.434 e. The van der Waals surface area contributed by atoms with Gasteiger partial charge in [-0.15, -0.1) is 5.10 Å². The molecule has 2 N–H and O–H groups in total. The highest BCUT2D eigenvalue weighted by molar-refractivity contribution is 7.90. The molecule has 0 fully saturated rings. The summed E-state index contributed by atoms with van der Waals surface area (Å²) in [7, 11) is -2.77. The molecule has 1 amide bonds. The second-order valence-electron chi connectivity index (χ2n) is 7.24. The molecule has 4 rings (SSSR count). The molecule has 3 aromatic rings. The van der Waals surface area contributed by atoms with Crippen LogP contribution < -0.4 is 18.9 Å². The Labute approximate surface area is 193 Å². The molecule has 178 valence electrons. The van der Waals surface area contributed by atoms with Gasteiger partial charge in [-0.25, -0.2) is 18.3 Å². The van der Waals surface area contributed by atoms with Crippen LogP contribution in [0.25, 0.3) is 0 Å². The number of carbonyl (C=O) groups excluding carboxylic acids is 1. The largest absolute Gasteiger partial charge is 0.434 e. The zero-order valence-electron chi connectivity index (χ0n) is 18.0. The van der Waals surface area contributed by atoms with Crippen molar-refractivity contribution in [2.24, 2.45) is 0 Å². The van der Waals surface area contributed by atoms with E-state index < -0.39 is 34.0 Å². The summed E-state index contributed by atoms with van der Waals surface area (Å²) in [6.07, 6.45) is 0.639. The highest BCUT2D eigenvalue weighted by atomic mass is 32.2. The van der Waals surface area contributed by atoms with Crippen molar-refractivity contribution in [1.29, 1.82) is 0 Å². The molecule has 10 nitrogen and oxygen atoms in total. The quantitative estimate of drug-likeness (QED) is 0.519. The summed E-state index contributed by atoms with van der Waals surface area (Å²) in [5, 5.41) is 7.37. The van der Waals surface area contributed by atoms with Crippen molar-refractivity contribution in [3.8, 4) is 17.4 Å². The van der Waals surface area contributed by atoms with Gasteiger partial charge in [0.2, 0.25) is 5.88 Å². The number of nitrogens with one attached hydrogen (secondary N) is 2. The van der Waals surface area contributed by atoms with Crippen LogP contribution in [-0.4, -0.2) is 36.7 Å². The van der Waals surface area contributed by atoms with Crippen LogP contribution in [0.15, 0.2) is 48.7 Å². The van der Waals surface area contributed by atoms with Crippen molar-refractivity contribution in [2.45, 2.75) is 19.5 Å². The second-order valence-corrected chi connectivity index (χ2v) is 8.86. The van der Waals surface area contributed by atoms with Gasteiger partial charge in [-0.3, -0.25) is 9.62 Å². The van der Waals surface area contributed by atoms with Crippen molar-refractivity contribution in [2.75, 3.05) is 11.8 Å². The Kier molecular flexibility index (Phi) is 6.30. The normalized spacial score (nSPS) is 15.5. The number of nitrogens with zero attached hydrogens (tertiary/aromatic N) is 3. The van der Waals surface area contributed by atoms with Gasteiger partial charge < -0.3 is 9.47 Å². The molecule has 2 heterocycles. The van der Waals surface area contributed by atoms with Crippen molar-refractivity contribution in [1.82, 2.24) is 19.8 Å². The van der Waals surface area contributed by atoms with Crippen molar-refractivity contribution < 1.29 is 31.5 Å². The molecule has 0 bridgehead atoms. The van der Waals surface area contributed by atoms with Gasteiger partial charge in [0.25, 0.3) is 10.2 Å². The minimum atomic E-state index is -3.95. The summed E-state index contributed by atoms with van der Waals surface area (Å²) in [4.78, 5) is 13.9. The van der Waals surface area contributed by atoms with Crippen LogP contribution in [0, 0.1) is 11.6 Å². The first-order chi connectivity index (χ1) is 16.2. The van der Waals surface area contributed by atoms with Crippen LogP contribution in [0.5, 0.6) is 17.4 Å². The lowest BCUT2D eigenvalue weighted by molar-refractivity contribution is 0.116. The Morgan fingerprint density at radius 2 is 2.00 bits per heavy atom. The molecule has 1 aromatic heterocycles. The van der Waals surface area contributed by atoms with Gasteiger partial charge in [0.05, 0.1) is 18.3 Å². The SMILES string of the molecule is CNS(=O)(=O)Nc1cccc(CN2C(=O)Oc3cc(Oc4cccnn4)c(F)cc3[C@H]2C)c1F. The summed E-state index contributed by atoms with van der Waals surface area (Å²) in [5.41, 5.74) is 0.0878. The Bertz CT molecular complexity index is 1340. The number of carbonyl (C=O) groups is 1. The number of benzene rings is 2. The predicted octanol–water partition coefficient (Wildman–Crippen LogP) is 3.50. The number of halogens is 2. The highest BCUT2D eigenvalue weighted by Crippen LogP contribution is 2.40. The summed E-state index contributed by atoms with van der Waals surface area (Å²) < 4.78 is 67.9. The zero-order valence-corrected chi connectivity index (χ0v) is 18.8. The van der Waals surface area contributed by atoms with Gasteiger partial charge in [0.15, 0.2) is 17.4 Å². The zero-order chi connectivity index (χ0) is 24.5. The fraction of sp³-hybridized carbons (Fsp3) is 0.190. The second kappa shape index (κ2) is 9.19. The third-order valence-electron chi connectivity index (χ3n) is 5.11. The molecule has 13 heteroatoms. The number of aromatic nitrogens is 2. The molecular weight excluding hydrogens is 472 g/mol. The third kappa shape index (κ3) is 4.75. The fourth-order valence-corrected chi connectivity index (χ4v) is 3.89. The number of anilines is 1. The molecule has 0 unspecified atom stereocenters. The standard InChI is InChI=1S/C21H19F2N5O5S/c1-12-14-9-15(22)18(32-19-7-4-8-25-26-19)10-17(14)33-21(29)28(12)11-13-5-3-6-16(20(13)23)27-34(30,31)24-2/h3-10,12,24,27H,11H2,1-2H3/t12-/m1/s1. The van der Waals surface area contributed by atoms with E-state index in [-0.39, 0.29) is 35.2 Å². The molecular formula is C21H19F2N5O5S. The van der Waals surface area contributed by atoms with Crippen molar-refractivity contribution >= 4 is 22.0 Å². The van der Waals surface area contributed by atoms with Crippen LogP contribution in [0.2, 0.25) is 0 Å². The lowest BCUT2D eigenvalue weighted by atomic mass is 10.0. The summed E-state index contributed by atoms with van der Waals surface area (Å²) >= 11 is 0. The van der Waals surface area contributed by atoms with E-state index in [4.69, 9.17) is 9.47 Å². The predicted molar refractivity (Wildman–Crippen MR) is 116 cm³/mol. The Balaban J connectivity index is 1.59. The number of amides is 1. The Hall–Kier alpha value is -3.84. The van der Waals surface area contributed by atoms with Crippen LogP contribution in [0.1, 0.15) is 24.1 Å². The van der Waals surface area contributed by atoms with Crippen LogP contribution >= 0.6 is 0 Å². The van der Waals surface area contributed by atoms with E-state index in [1.165, 1.54) is 54.5 Å². The molecule has 1 aliphatic heterocycles. The Morgan fingerprint density at radius 1 is 1.21 bits per heavy atom. The van der Waals surface area contributed by atoms with Crippen LogP contribution in [0.4, 0.5) is 19.3 Å². The average Bonchev–Trinajstić information content (AvgIpc) is 2.81. The monoisotopic (exact) mass is 491 g/mol. The van der Waals surface area contributed by atoms with E-state index in [1.807, 2.05) is 4.72 Å². The van der Waals surface area contributed by atoms with Crippen molar-refractivity contribution in [3.05, 3.63) is 71.4 Å². The van der Waals surface area contributed by atoms with Gasteiger partial charge >= 0.3 is 6.09 Å². The lowest BCUT2D eigenvalue weighted by Gasteiger charge is -2.34. The van der Waals surface area contributed by atoms with E-state index in [0.29, 0.717) is 5.56 Å². The first kappa shape index (κ1) is 23.3. The number of hydrogen-bond donors (Lipinski definition) is 2. The molecule has 2 aromatic carbocycles. The highest BCUT2D eigenvalue weighted by Gasteiger charge is 2.34. The molecule has 1 aliphatic rings. The van der Waals surface area contributed by atoms with Crippen molar-refractivity contribution in [3.63, 3.8) is 0 Å². The summed E-state index contributed by atoms with van der Waals surface area (Å²) in [6, 6.07) is 8.86. The molecule has 0 aliphatic carbocycles. The lowest BCUT2D eigenvalue weighted by Crippen LogP contribution is -2.39. The third-order valence-corrected chi connectivity index (χ3v) is 6.13. The van der Waals surface area contributed by atoms with E-state index in [1.54, 1.807) is 13.0 Å². The molecule has 34 heavy (non-hydrogen) atoms. The first-order valence-corrected chi connectivity index (χ1v) is 11.4. The summed E-state index contributed by atoms with van der Waals surface area (Å²) in [6.45, 7) is 1.38. The maximum absolute atomic E-state index is 14.9. The fourth-order valence-electron chi connectivity index (χ4n) is 3.34. The number of ether oxygens (including phenoxy) is 2. The first-order valence-electron chi connectivity index (χ1n) is 9.94. The number of hydrogen-bond acceptors (Lipinski definition) is 7. The minimum absolute atomic E-state index is 0.0339. The average molecular weight is 491 g/mol. The van der Waals surface area contributed by atoms with E-state index in [0.717, 1.165) is 0 Å². The maximum Gasteiger partial charge on any atom is 0.416 e. The number of fused-ring (bicyclic) bond motifs is 1. The molecule has 0 saturated carbocycles. The van der Waals surface area contributed by atoms with Gasteiger partial charge in [0, 0.05) is 36.5 Å². The smallest absolute Gasteiger partial charge is 0.416 e. The van der Waals surface area contributed by atoms with Crippen LogP contribution in [-0.2, 0) is 16.8 Å². The van der Waals surface area contributed by atoms with Gasteiger partial charge in [-0.1, -0.05) is 12.1 Å².